The second kappa shape index (κ2) is 8.89. The maximum atomic E-state index is 6.12. The van der Waals surface area contributed by atoms with E-state index >= 15 is 0 Å². The topological polar surface area (TPSA) is 39.7 Å². The van der Waals surface area contributed by atoms with Crippen molar-refractivity contribution in [2.45, 2.75) is 44.6 Å². The van der Waals surface area contributed by atoms with Crippen LogP contribution in [0.15, 0.2) is 11.6 Å². The van der Waals surface area contributed by atoms with Crippen molar-refractivity contribution in [1.29, 1.82) is 0 Å². The highest BCUT2D eigenvalue weighted by atomic mass is 16.5. The molecule has 0 bridgehead atoms. The first-order valence-corrected chi connectivity index (χ1v) is 8.34. The second-order valence-corrected chi connectivity index (χ2v) is 6.31. The molecule has 4 nitrogen and oxygen atoms in total. The van der Waals surface area contributed by atoms with Crippen LogP contribution in [-0.4, -0.2) is 52.2 Å². The summed E-state index contributed by atoms with van der Waals surface area (Å²) in [5, 5.41) is 3.39. The highest BCUT2D eigenvalue weighted by Gasteiger charge is 2.39. The third kappa shape index (κ3) is 5.37. The fourth-order valence-corrected chi connectivity index (χ4v) is 3.38. The number of allylic oxidation sites excluding steroid dienone is 1. The van der Waals surface area contributed by atoms with E-state index < -0.39 is 0 Å². The number of hydrogen-bond acceptors (Lipinski definition) is 4. The molecule has 2 aliphatic rings. The molecule has 4 heteroatoms. The van der Waals surface area contributed by atoms with E-state index in [2.05, 4.69) is 18.3 Å². The van der Waals surface area contributed by atoms with Crippen molar-refractivity contribution in [3.8, 4) is 0 Å². The predicted molar refractivity (Wildman–Crippen MR) is 84.6 cm³/mol. The summed E-state index contributed by atoms with van der Waals surface area (Å²) in [5.74, 6) is 0.691. The lowest BCUT2D eigenvalue weighted by molar-refractivity contribution is -0.143. The molecule has 0 saturated carbocycles. The van der Waals surface area contributed by atoms with Gasteiger partial charge in [-0.15, -0.1) is 0 Å². The van der Waals surface area contributed by atoms with Crippen LogP contribution in [-0.2, 0) is 14.2 Å². The number of hydrogen-bond donors (Lipinski definition) is 1. The Kier molecular flexibility index (Phi) is 7.17. The molecular formula is C17H31NO3. The van der Waals surface area contributed by atoms with Crippen LogP contribution in [0, 0.1) is 5.92 Å². The zero-order chi connectivity index (χ0) is 15.0. The fraction of sp³-hybridized carbons (Fsp3) is 0.882. The van der Waals surface area contributed by atoms with Gasteiger partial charge in [-0.25, -0.2) is 0 Å². The van der Waals surface area contributed by atoms with Gasteiger partial charge in [0.1, 0.15) is 0 Å². The standard InChI is InChI=1S/C17H31NO3/c1-15(4-3-8-18-9-13-19-2)16-5-10-21-17(14-16)6-11-20-12-7-17/h4,16,18H,3,5-14H2,1-2H3/b15-4-. The van der Waals surface area contributed by atoms with Crippen molar-refractivity contribution < 1.29 is 14.2 Å². The summed E-state index contributed by atoms with van der Waals surface area (Å²) in [7, 11) is 1.74. The fourth-order valence-electron chi connectivity index (χ4n) is 3.38. The van der Waals surface area contributed by atoms with E-state index in [1.54, 1.807) is 7.11 Å². The Morgan fingerprint density at radius 2 is 2.10 bits per heavy atom. The molecule has 0 aromatic rings. The molecule has 0 amide bonds. The van der Waals surface area contributed by atoms with E-state index in [1.807, 2.05) is 0 Å². The monoisotopic (exact) mass is 297 g/mol. The van der Waals surface area contributed by atoms with Crippen molar-refractivity contribution in [2.24, 2.45) is 5.92 Å². The van der Waals surface area contributed by atoms with Gasteiger partial charge in [0.2, 0.25) is 0 Å². The summed E-state index contributed by atoms with van der Waals surface area (Å²) in [4.78, 5) is 0. The van der Waals surface area contributed by atoms with E-state index in [0.29, 0.717) is 5.92 Å². The molecule has 0 aromatic heterocycles. The quantitative estimate of drug-likeness (QED) is 0.579. The number of methoxy groups -OCH3 is 1. The molecule has 21 heavy (non-hydrogen) atoms. The van der Waals surface area contributed by atoms with Crippen LogP contribution < -0.4 is 5.32 Å². The molecule has 2 rings (SSSR count). The maximum Gasteiger partial charge on any atom is 0.0732 e. The minimum absolute atomic E-state index is 0.104. The van der Waals surface area contributed by atoms with Crippen LogP contribution >= 0.6 is 0 Å². The first kappa shape index (κ1) is 16.9. The molecule has 2 aliphatic heterocycles. The van der Waals surface area contributed by atoms with Gasteiger partial charge in [0, 0.05) is 33.5 Å². The molecule has 0 radical (unpaired) electrons. The Labute approximate surface area is 129 Å². The summed E-state index contributed by atoms with van der Waals surface area (Å²) in [6, 6.07) is 0. The molecule has 122 valence electrons. The van der Waals surface area contributed by atoms with Gasteiger partial charge in [0.15, 0.2) is 0 Å². The van der Waals surface area contributed by atoms with Crippen LogP contribution in [0.5, 0.6) is 0 Å². The van der Waals surface area contributed by atoms with Gasteiger partial charge in [-0.05, 0) is 51.5 Å². The lowest BCUT2D eigenvalue weighted by Crippen LogP contribution is -2.44. The normalized spacial score (nSPS) is 26.2. The minimum atomic E-state index is 0.104. The molecule has 2 heterocycles. The van der Waals surface area contributed by atoms with Gasteiger partial charge >= 0.3 is 0 Å². The van der Waals surface area contributed by atoms with Crippen LogP contribution in [0.25, 0.3) is 0 Å². The number of rotatable bonds is 7. The summed E-state index contributed by atoms with van der Waals surface area (Å²) >= 11 is 0. The molecule has 1 unspecified atom stereocenters. The van der Waals surface area contributed by atoms with Gasteiger partial charge < -0.3 is 19.5 Å². The largest absolute Gasteiger partial charge is 0.383 e. The molecule has 0 aromatic carbocycles. The van der Waals surface area contributed by atoms with Gasteiger partial charge in [-0.3, -0.25) is 0 Å². The third-order valence-corrected chi connectivity index (χ3v) is 4.81. The Hall–Kier alpha value is -0.420. The Morgan fingerprint density at radius 1 is 1.29 bits per heavy atom. The average Bonchev–Trinajstić information content (AvgIpc) is 2.51. The van der Waals surface area contributed by atoms with Gasteiger partial charge in [0.25, 0.3) is 0 Å². The Morgan fingerprint density at radius 3 is 2.86 bits per heavy atom. The third-order valence-electron chi connectivity index (χ3n) is 4.81. The van der Waals surface area contributed by atoms with Crippen LogP contribution in [0.1, 0.15) is 39.0 Å². The van der Waals surface area contributed by atoms with Gasteiger partial charge in [0.05, 0.1) is 12.2 Å². The predicted octanol–water partition coefficient (Wildman–Crippen LogP) is 2.53. The van der Waals surface area contributed by atoms with Crippen LogP contribution in [0.2, 0.25) is 0 Å². The van der Waals surface area contributed by atoms with E-state index in [4.69, 9.17) is 14.2 Å². The summed E-state index contributed by atoms with van der Waals surface area (Å²) in [6.07, 6.45) is 7.98. The van der Waals surface area contributed by atoms with E-state index in [9.17, 15) is 0 Å². The van der Waals surface area contributed by atoms with E-state index in [-0.39, 0.29) is 5.60 Å². The van der Waals surface area contributed by atoms with E-state index in [0.717, 1.165) is 58.8 Å². The lowest BCUT2D eigenvalue weighted by Gasteiger charge is -2.43. The first-order valence-electron chi connectivity index (χ1n) is 8.34. The molecule has 2 fully saturated rings. The molecule has 1 spiro atoms. The first-order chi connectivity index (χ1) is 10.3. The average molecular weight is 297 g/mol. The summed E-state index contributed by atoms with van der Waals surface area (Å²) in [5.41, 5.74) is 1.64. The molecule has 0 aliphatic carbocycles. The molecular weight excluding hydrogens is 266 g/mol. The van der Waals surface area contributed by atoms with Crippen LogP contribution in [0.4, 0.5) is 0 Å². The van der Waals surface area contributed by atoms with E-state index in [1.165, 1.54) is 18.4 Å². The SMILES string of the molecule is COCCNCC/C=C(/C)C1CCOC2(CCOCC2)C1. The van der Waals surface area contributed by atoms with Crippen molar-refractivity contribution in [3.05, 3.63) is 11.6 Å². The minimum Gasteiger partial charge on any atom is -0.383 e. The Bertz CT molecular complexity index is 318. The van der Waals surface area contributed by atoms with Crippen molar-refractivity contribution in [2.75, 3.05) is 46.6 Å². The zero-order valence-corrected chi connectivity index (χ0v) is 13.7. The highest BCUT2D eigenvalue weighted by Crippen LogP contribution is 2.39. The second-order valence-electron chi connectivity index (χ2n) is 6.31. The molecule has 1 atom stereocenters. The molecule has 1 N–H and O–H groups in total. The van der Waals surface area contributed by atoms with Crippen molar-refractivity contribution in [1.82, 2.24) is 5.32 Å². The summed E-state index contributed by atoms with van der Waals surface area (Å²) < 4.78 is 16.6. The van der Waals surface area contributed by atoms with Gasteiger partial charge in [-0.2, -0.15) is 0 Å². The van der Waals surface area contributed by atoms with Crippen molar-refractivity contribution >= 4 is 0 Å². The smallest absolute Gasteiger partial charge is 0.0732 e. The summed E-state index contributed by atoms with van der Waals surface area (Å²) in [6.45, 7) is 7.66. The van der Waals surface area contributed by atoms with Gasteiger partial charge in [-0.1, -0.05) is 11.6 Å². The maximum absolute atomic E-state index is 6.12. The van der Waals surface area contributed by atoms with Crippen LogP contribution in [0.3, 0.4) is 0 Å². The molecule has 2 saturated heterocycles. The van der Waals surface area contributed by atoms with Crippen molar-refractivity contribution in [3.63, 3.8) is 0 Å². The number of nitrogens with one attached hydrogen (secondary N) is 1. The lowest BCUT2D eigenvalue weighted by atomic mass is 9.78. The highest BCUT2D eigenvalue weighted by molar-refractivity contribution is 5.07. The number of ether oxygens (including phenoxy) is 3. The Balaban J connectivity index is 1.74. The zero-order valence-electron chi connectivity index (χ0n) is 13.7.